The van der Waals surface area contributed by atoms with Gasteiger partial charge in [0.1, 0.15) is 12.4 Å². The highest BCUT2D eigenvalue weighted by Crippen LogP contribution is 2.24. The van der Waals surface area contributed by atoms with Crippen LogP contribution in [-0.2, 0) is 4.79 Å². The van der Waals surface area contributed by atoms with Crippen molar-refractivity contribution in [3.8, 4) is 5.75 Å². The second-order valence-electron chi connectivity index (χ2n) is 5.15. The van der Waals surface area contributed by atoms with Crippen LogP contribution in [0.25, 0.3) is 0 Å². The second kappa shape index (κ2) is 8.57. The lowest BCUT2D eigenvalue weighted by atomic mass is 10.3. The van der Waals surface area contributed by atoms with E-state index in [9.17, 15) is 4.79 Å². The van der Waals surface area contributed by atoms with Crippen molar-refractivity contribution in [3.05, 3.63) is 64.3 Å². The Balaban J connectivity index is 1.92. The van der Waals surface area contributed by atoms with Gasteiger partial charge >= 0.3 is 0 Å². The summed E-state index contributed by atoms with van der Waals surface area (Å²) in [6.45, 7) is 6.32. The van der Waals surface area contributed by atoms with E-state index in [1.54, 1.807) is 0 Å². The van der Waals surface area contributed by atoms with Gasteiger partial charge in [0.25, 0.3) is 0 Å². The van der Waals surface area contributed by atoms with Crippen molar-refractivity contribution in [2.45, 2.75) is 6.92 Å². The molecule has 2 aromatic rings. The molecule has 0 aliphatic heterocycles. The van der Waals surface area contributed by atoms with Gasteiger partial charge in [-0.25, -0.2) is 0 Å². The molecule has 0 saturated carbocycles. The highest BCUT2D eigenvalue weighted by atomic mass is 127. The van der Waals surface area contributed by atoms with Crippen LogP contribution in [0.15, 0.2) is 60.7 Å². The number of para-hydroxylation sites is 2. The van der Waals surface area contributed by atoms with Crippen molar-refractivity contribution >= 4 is 39.9 Å². The maximum absolute atomic E-state index is 12.1. The zero-order chi connectivity index (χ0) is 16.7. The standard InChI is InChI=1S/C18H19IN2O2/c1-13(2)12-23-17-6-4-3-5-16(17)21-18(22)11-20-15-9-7-14(19)8-10-15/h3-10,20H,1,11-12H2,2H3,(H,21,22). The van der Waals surface area contributed by atoms with Crippen molar-refractivity contribution in [2.75, 3.05) is 23.8 Å². The van der Waals surface area contributed by atoms with Gasteiger partial charge in [-0.3, -0.25) is 4.79 Å². The van der Waals surface area contributed by atoms with E-state index in [1.165, 1.54) is 0 Å². The van der Waals surface area contributed by atoms with E-state index in [2.05, 4.69) is 39.8 Å². The number of hydrogen-bond acceptors (Lipinski definition) is 3. The molecule has 2 rings (SSSR count). The zero-order valence-corrected chi connectivity index (χ0v) is 15.1. The third-order valence-corrected chi connectivity index (χ3v) is 3.65. The molecule has 0 atom stereocenters. The first-order chi connectivity index (χ1) is 11.0. The fourth-order valence-electron chi connectivity index (χ4n) is 1.84. The molecule has 2 N–H and O–H groups in total. The van der Waals surface area contributed by atoms with Crippen molar-refractivity contribution in [2.24, 2.45) is 0 Å². The minimum atomic E-state index is -0.130. The van der Waals surface area contributed by atoms with Gasteiger partial charge in [0.2, 0.25) is 5.91 Å². The van der Waals surface area contributed by atoms with E-state index < -0.39 is 0 Å². The lowest BCUT2D eigenvalue weighted by Crippen LogP contribution is -2.22. The number of carbonyl (C=O) groups excluding carboxylic acids is 1. The molecule has 2 aromatic carbocycles. The van der Waals surface area contributed by atoms with E-state index in [4.69, 9.17) is 4.74 Å². The summed E-state index contributed by atoms with van der Waals surface area (Å²) >= 11 is 2.24. The number of nitrogens with one attached hydrogen (secondary N) is 2. The fourth-order valence-corrected chi connectivity index (χ4v) is 2.20. The normalized spacial score (nSPS) is 10.0. The molecular weight excluding hydrogens is 403 g/mol. The molecule has 0 aromatic heterocycles. The minimum Gasteiger partial charge on any atom is -0.487 e. The Labute approximate surface area is 150 Å². The Morgan fingerprint density at radius 1 is 1.17 bits per heavy atom. The van der Waals surface area contributed by atoms with Crippen LogP contribution in [0.4, 0.5) is 11.4 Å². The number of benzene rings is 2. The lowest BCUT2D eigenvalue weighted by molar-refractivity contribution is -0.114. The van der Waals surface area contributed by atoms with Gasteiger partial charge in [0.15, 0.2) is 0 Å². The Morgan fingerprint density at radius 3 is 2.57 bits per heavy atom. The Kier molecular flexibility index (Phi) is 6.46. The van der Waals surface area contributed by atoms with Crippen molar-refractivity contribution in [1.29, 1.82) is 0 Å². The first-order valence-corrected chi connectivity index (χ1v) is 8.28. The summed E-state index contributed by atoms with van der Waals surface area (Å²) in [7, 11) is 0. The van der Waals surface area contributed by atoms with Gasteiger partial charge < -0.3 is 15.4 Å². The van der Waals surface area contributed by atoms with E-state index in [0.29, 0.717) is 18.0 Å². The topological polar surface area (TPSA) is 50.4 Å². The van der Waals surface area contributed by atoms with Crippen molar-refractivity contribution < 1.29 is 9.53 Å². The molecule has 0 saturated heterocycles. The molecule has 0 fully saturated rings. The number of rotatable bonds is 7. The highest BCUT2D eigenvalue weighted by Gasteiger charge is 2.07. The summed E-state index contributed by atoms with van der Waals surface area (Å²) < 4.78 is 6.79. The Bertz CT molecular complexity index is 684. The van der Waals surface area contributed by atoms with Gasteiger partial charge in [0.05, 0.1) is 12.2 Å². The first kappa shape index (κ1) is 17.3. The van der Waals surface area contributed by atoms with Crippen molar-refractivity contribution in [1.82, 2.24) is 0 Å². The van der Waals surface area contributed by atoms with Gasteiger partial charge in [-0.15, -0.1) is 0 Å². The molecule has 4 nitrogen and oxygen atoms in total. The molecule has 5 heteroatoms. The molecule has 0 aliphatic rings. The monoisotopic (exact) mass is 422 g/mol. The lowest BCUT2D eigenvalue weighted by Gasteiger charge is -2.13. The summed E-state index contributed by atoms with van der Waals surface area (Å²) in [4.78, 5) is 12.1. The average Bonchev–Trinajstić information content (AvgIpc) is 2.53. The second-order valence-corrected chi connectivity index (χ2v) is 6.40. The summed E-state index contributed by atoms with van der Waals surface area (Å²) in [5.74, 6) is 0.507. The third kappa shape index (κ3) is 5.94. The van der Waals surface area contributed by atoms with Crippen LogP contribution in [-0.4, -0.2) is 19.1 Å². The average molecular weight is 422 g/mol. The molecule has 0 unspecified atom stereocenters. The molecule has 0 heterocycles. The molecule has 23 heavy (non-hydrogen) atoms. The van der Waals surface area contributed by atoms with E-state index >= 15 is 0 Å². The van der Waals surface area contributed by atoms with Gasteiger partial charge in [-0.05, 0) is 71.5 Å². The van der Waals surface area contributed by atoms with Crippen molar-refractivity contribution in [3.63, 3.8) is 0 Å². The van der Waals surface area contributed by atoms with Crippen LogP contribution in [0.3, 0.4) is 0 Å². The van der Waals surface area contributed by atoms with E-state index in [0.717, 1.165) is 14.8 Å². The SMILES string of the molecule is C=C(C)COc1ccccc1NC(=O)CNc1ccc(I)cc1. The van der Waals surface area contributed by atoms with Crippen LogP contribution < -0.4 is 15.4 Å². The van der Waals surface area contributed by atoms with Crippen LogP contribution in [0, 0.1) is 3.57 Å². The molecule has 0 aliphatic carbocycles. The maximum Gasteiger partial charge on any atom is 0.243 e. The molecule has 0 spiro atoms. The number of carbonyl (C=O) groups is 1. The molecule has 0 bridgehead atoms. The summed E-state index contributed by atoms with van der Waals surface area (Å²) in [5, 5.41) is 5.95. The first-order valence-electron chi connectivity index (χ1n) is 7.20. The van der Waals surface area contributed by atoms with Gasteiger partial charge in [-0.2, -0.15) is 0 Å². The van der Waals surface area contributed by atoms with Crippen LogP contribution in [0.2, 0.25) is 0 Å². The summed E-state index contributed by atoms with van der Waals surface area (Å²) in [6.07, 6.45) is 0. The zero-order valence-electron chi connectivity index (χ0n) is 12.9. The summed E-state index contributed by atoms with van der Waals surface area (Å²) in [5.41, 5.74) is 2.49. The molecular formula is C18H19IN2O2. The largest absolute Gasteiger partial charge is 0.487 e. The van der Waals surface area contributed by atoms with E-state index in [1.807, 2.05) is 55.5 Å². The Morgan fingerprint density at radius 2 is 1.87 bits per heavy atom. The smallest absolute Gasteiger partial charge is 0.243 e. The summed E-state index contributed by atoms with van der Waals surface area (Å²) in [6, 6.07) is 15.2. The molecule has 0 radical (unpaired) electrons. The van der Waals surface area contributed by atoms with Gasteiger partial charge in [-0.1, -0.05) is 18.7 Å². The molecule has 1 amide bonds. The number of hydrogen-bond donors (Lipinski definition) is 2. The fraction of sp³-hybridized carbons (Fsp3) is 0.167. The highest BCUT2D eigenvalue weighted by molar-refractivity contribution is 14.1. The van der Waals surface area contributed by atoms with E-state index in [-0.39, 0.29) is 12.5 Å². The Hall–Kier alpha value is -2.02. The molecule has 120 valence electrons. The van der Waals surface area contributed by atoms with Crippen LogP contribution in [0.5, 0.6) is 5.75 Å². The minimum absolute atomic E-state index is 0.130. The number of amides is 1. The van der Waals surface area contributed by atoms with Crippen LogP contribution in [0.1, 0.15) is 6.92 Å². The quantitative estimate of drug-likeness (QED) is 0.517. The maximum atomic E-state index is 12.1. The number of halogens is 1. The van der Waals surface area contributed by atoms with Crippen LogP contribution >= 0.6 is 22.6 Å². The van der Waals surface area contributed by atoms with Gasteiger partial charge in [0, 0.05) is 9.26 Å². The number of ether oxygens (including phenoxy) is 1. The predicted molar refractivity (Wildman–Crippen MR) is 103 cm³/mol. The third-order valence-electron chi connectivity index (χ3n) is 2.93. The number of anilines is 2. The predicted octanol–water partition coefficient (Wildman–Crippen LogP) is 4.30.